The van der Waals surface area contributed by atoms with Crippen molar-refractivity contribution in [1.82, 2.24) is 5.32 Å². The third kappa shape index (κ3) is 5.76. The van der Waals surface area contributed by atoms with Crippen molar-refractivity contribution in [3.8, 4) is 12.3 Å². The maximum Gasteiger partial charge on any atom is 0.237 e. The Morgan fingerprint density at radius 3 is 2.83 bits per heavy atom. The van der Waals surface area contributed by atoms with Crippen LogP contribution in [0.4, 0.5) is 0 Å². The predicted molar refractivity (Wildman–Crippen MR) is 77.3 cm³/mol. The van der Waals surface area contributed by atoms with E-state index < -0.39 is 6.04 Å². The van der Waals surface area contributed by atoms with Crippen LogP contribution in [-0.2, 0) is 11.2 Å². The summed E-state index contributed by atoms with van der Waals surface area (Å²) in [5, 5.41) is 2.81. The number of benzene rings is 1. The van der Waals surface area contributed by atoms with E-state index in [9.17, 15) is 4.79 Å². The normalized spacial score (nSPS) is 11.6. The minimum atomic E-state index is -0.495. The highest BCUT2D eigenvalue weighted by molar-refractivity contribution is 7.99. The van der Waals surface area contributed by atoms with Gasteiger partial charge >= 0.3 is 0 Å². The molecule has 1 rings (SSSR count). The Hall–Kier alpha value is -1.44. The number of terminal acetylenes is 1. The van der Waals surface area contributed by atoms with Crippen LogP contribution in [0.3, 0.4) is 0 Å². The molecule has 0 radical (unpaired) electrons. The van der Waals surface area contributed by atoms with Crippen LogP contribution >= 0.6 is 11.8 Å². The molecular formula is C14H18N2OS. The lowest BCUT2D eigenvalue weighted by molar-refractivity contribution is -0.122. The van der Waals surface area contributed by atoms with Gasteiger partial charge in [0.25, 0.3) is 0 Å². The van der Waals surface area contributed by atoms with Gasteiger partial charge in [-0.05, 0) is 12.0 Å². The molecule has 0 unspecified atom stereocenters. The summed E-state index contributed by atoms with van der Waals surface area (Å²) < 4.78 is 0. The Labute approximate surface area is 113 Å². The zero-order valence-corrected chi connectivity index (χ0v) is 11.1. The SMILES string of the molecule is C#CCSCCNC(=O)[C@@H](N)Cc1ccccc1. The lowest BCUT2D eigenvalue weighted by Gasteiger charge is -2.12. The largest absolute Gasteiger partial charge is 0.354 e. The Kier molecular flexibility index (Phi) is 7.00. The number of amides is 1. The van der Waals surface area contributed by atoms with Gasteiger partial charge in [-0.2, -0.15) is 0 Å². The third-order valence-electron chi connectivity index (χ3n) is 2.37. The van der Waals surface area contributed by atoms with Gasteiger partial charge in [-0.1, -0.05) is 36.3 Å². The molecule has 18 heavy (non-hydrogen) atoms. The maximum absolute atomic E-state index is 11.7. The summed E-state index contributed by atoms with van der Waals surface area (Å²) in [5.41, 5.74) is 6.91. The molecule has 1 amide bonds. The monoisotopic (exact) mass is 262 g/mol. The molecule has 3 N–H and O–H groups in total. The number of hydrogen-bond acceptors (Lipinski definition) is 3. The average Bonchev–Trinajstić information content (AvgIpc) is 2.39. The summed E-state index contributed by atoms with van der Waals surface area (Å²) in [6.45, 7) is 0.605. The highest BCUT2D eigenvalue weighted by Crippen LogP contribution is 2.02. The molecule has 0 saturated heterocycles. The molecule has 0 aliphatic heterocycles. The van der Waals surface area contributed by atoms with Crippen LogP contribution in [0.2, 0.25) is 0 Å². The Morgan fingerprint density at radius 2 is 2.17 bits per heavy atom. The molecule has 3 nitrogen and oxygen atoms in total. The molecule has 4 heteroatoms. The lowest BCUT2D eigenvalue weighted by atomic mass is 10.1. The van der Waals surface area contributed by atoms with Crippen molar-refractivity contribution >= 4 is 17.7 Å². The number of nitrogens with one attached hydrogen (secondary N) is 1. The highest BCUT2D eigenvalue weighted by Gasteiger charge is 2.12. The van der Waals surface area contributed by atoms with Crippen molar-refractivity contribution in [2.24, 2.45) is 5.73 Å². The van der Waals surface area contributed by atoms with Crippen molar-refractivity contribution in [3.05, 3.63) is 35.9 Å². The van der Waals surface area contributed by atoms with Gasteiger partial charge in [-0.25, -0.2) is 0 Å². The second kappa shape index (κ2) is 8.62. The zero-order valence-electron chi connectivity index (χ0n) is 10.3. The van der Waals surface area contributed by atoms with Gasteiger partial charge in [-0.15, -0.1) is 18.2 Å². The molecule has 0 bridgehead atoms. The molecule has 0 aliphatic carbocycles. The summed E-state index contributed by atoms with van der Waals surface area (Å²) in [6.07, 6.45) is 5.69. The van der Waals surface area contributed by atoms with Crippen LogP contribution in [0.15, 0.2) is 30.3 Å². The first-order valence-electron chi connectivity index (χ1n) is 5.82. The first-order chi connectivity index (χ1) is 8.74. The van der Waals surface area contributed by atoms with E-state index >= 15 is 0 Å². The molecule has 1 aromatic carbocycles. The number of hydrogen-bond donors (Lipinski definition) is 2. The van der Waals surface area contributed by atoms with E-state index in [4.69, 9.17) is 12.2 Å². The van der Waals surface area contributed by atoms with E-state index in [0.29, 0.717) is 18.7 Å². The summed E-state index contributed by atoms with van der Waals surface area (Å²) in [7, 11) is 0. The lowest BCUT2D eigenvalue weighted by Crippen LogP contribution is -2.42. The molecule has 0 saturated carbocycles. The van der Waals surface area contributed by atoms with Crippen molar-refractivity contribution in [2.45, 2.75) is 12.5 Å². The van der Waals surface area contributed by atoms with Crippen LogP contribution in [0.25, 0.3) is 0 Å². The topological polar surface area (TPSA) is 55.1 Å². The first-order valence-corrected chi connectivity index (χ1v) is 6.98. The minimum absolute atomic E-state index is 0.111. The summed E-state index contributed by atoms with van der Waals surface area (Å²) >= 11 is 1.62. The highest BCUT2D eigenvalue weighted by atomic mass is 32.2. The van der Waals surface area contributed by atoms with Crippen LogP contribution in [-0.4, -0.2) is 30.0 Å². The van der Waals surface area contributed by atoms with E-state index in [-0.39, 0.29) is 5.91 Å². The van der Waals surface area contributed by atoms with E-state index in [1.807, 2.05) is 30.3 Å². The van der Waals surface area contributed by atoms with E-state index in [1.54, 1.807) is 11.8 Å². The van der Waals surface area contributed by atoms with E-state index in [2.05, 4.69) is 11.2 Å². The number of nitrogens with two attached hydrogens (primary N) is 1. The Bertz CT molecular complexity index is 400. The second-order valence-electron chi connectivity index (χ2n) is 3.84. The molecule has 1 aromatic rings. The maximum atomic E-state index is 11.7. The predicted octanol–water partition coefficient (Wildman–Crippen LogP) is 1.04. The molecule has 0 spiro atoms. The third-order valence-corrected chi connectivity index (χ3v) is 3.23. The van der Waals surface area contributed by atoms with Gasteiger partial charge in [0.15, 0.2) is 0 Å². The first kappa shape index (κ1) is 14.6. The molecule has 0 aromatic heterocycles. The molecule has 96 valence electrons. The van der Waals surface area contributed by atoms with Gasteiger partial charge in [-0.3, -0.25) is 4.79 Å². The quantitative estimate of drug-likeness (QED) is 0.570. The van der Waals surface area contributed by atoms with Gasteiger partial charge in [0.1, 0.15) is 0 Å². The molecule has 0 heterocycles. The van der Waals surface area contributed by atoms with Crippen molar-refractivity contribution < 1.29 is 4.79 Å². The van der Waals surface area contributed by atoms with Crippen LogP contribution < -0.4 is 11.1 Å². The number of carbonyl (C=O) groups excluding carboxylic acids is 1. The zero-order chi connectivity index (χ0) is 13.2. The summed E-state index contributed by atoms with van der Waals surface area (Å²) in [6, 6.07) is 9.27. The molecule has 0 fully saturated rings. The van der Waals surface area contributed by atoms with Crippen LogP contribution in [0, 0.1) is 12.3 Å². The average molecular weight is 262 g/mol. The fourth-order valence-electron chi connectivity index (χ4n) is 1.47. The molecular weight excluding hydrogens is 244 g/mol. The summed E-state index contributed by atoms with van der Waals surface area (Å²) in [5.74, 6) is 3.91. The van der Waals surface area contributed by atoms with Crippen LogP contribution in [0.1, 0.15) is 5.56 Å². The van der Waals surface area contributed by atoms with Crippen LogP contribution in [0.5, 0.6) is 0 Å². The van der Waals surface area contributed by atoms with Crippen molar-refractivity contribution in [1.29, 1.82) is 0 Å². The summed E-state index contributed by atoms with van der Waals surface area (Å²) in [4.78, 5) is 11.7. The van der Waals surface area contributed by atoms with E-state index in [0.717, 1.165) is 11.3 Å². The van der Waals surface area contributed by atoms with Gasteiger partial charge in [0, 0.05) is 12.3 Å². The Balaban J connectivity index is 2.23. The second-order valence-corrected chi connectivity index (χ2v) is 4.95. The van der Waals surface area contributed by atoms with Gasteiger partial charge in [0.05, 0.1) is 11.8 Å². The van der Waals surface area contributed by atoms with E-state index in [1.165, 1.54) is 0 Å². The smallest absolute Gasteiger partial charge is 0.237 e. The van der Waals surface area contributed by atoms with Gasteiger partial charge in [0.2, 0.25) is 5.91 Å². The minimum Gasteiger partial charge on any atom is -0.354 e. The molecule has 0 aliphatic rings. The fourth-order valence-corrected chi connectivity index (χ4v) is 1.98. The number of thioether (sulfide) groups is 1. The van der Waals surface area contributed by atoms with Crippen molar-refractivity contribution in [3.63, 3.8) is 0 Å². The molecule has 1 atom stereocenters. The van der Waals surface area contributed by atoms with Gasteiger partial charge < -0.3 is 11.1 Å². The fraction of sp³-hybridized carbons (Fsp3) is 0.357. The Morgan fingerprint density at radius 1 is 1.44 bits per heavy atom. The van der Waals surface area contributed by atoms with Crippen molar-refractivity contribution in [2.75, 3.05) is 18.1 Å². The number of carbonyl (C=O) groups is 1. The number of rotatable bonds is 7. The standard InChI is InChI=1S/C14H18N2OS/c1-2-9-18-10-8-16-14(17)13(15)11-12-6-4-3-5-7-12/h1,3-7,13H,8-11,15H2,(H,16,17)/t13-/m0/s1.